The smallest absolute Gasteiger partial charge is 0.410 e. The number of pyridine rings is 1. The third kappa shape index (κ3) is 16.0. The first-order valence-corrected chi connectivity index (χ1v) is 19.8. The lowest BCUT2D eigenvalue weighted by Gasteiger charge is -2.32. The van der Waals surface area contributed by atoms with Crippen molar-refractivity contribution in [2.24, 2.45) is 11.8 Å². The first-order valence-electron chi connectivity index (χ1n) is 19.8. The van der Waals surface area contributed by atoms with Gasteiger partial charge in [0, 0.05) is 26.1 Å². The lowest BCUT2D eigenvalue weighted by Crippen LogP contribution is -2.58. The van der Waals surface area contributed by atoms with Crippen LogP contribution in [-0.2, 0) is 43.3 Å². The number of aromatic nitrogens is 1. The summed E-state index contributed by atoms with van der Waals surface area (Å²) in [4.78, 5) is 73.8. The van der Waals surface area contributed by atoms with Gasteiger partial charge in [-0.1, -0.05) is 101 Å². The van der Waals surface area contributed by atoms with Crippen LogP contribution >= 0.6 is 0 Å². The standard InChI is InChI=1S/C44H62N6O7/c1-9-30(4)39(42(55)46-28-33-22-16-17-23-45-33)49-38(52)27-37(51)34(24-29(2)3)47-40(53)35(25-31-18-12-10-13-19-31)48-41(54)36(26-32-20-14-11-15-21-32)50(8)43(56)57-44(5,6)7/h10-23,29-30,34-37,39,51H,9,24-28H2,1-8H3,(H,46,55)(H,47,53)(H,48,54)(H,49,52). The molecule has 0 saturated carbocycles. The van der Waals surface area contributed by atoms with Crippen LogP contribution in [0.2, 0.25) is 0 Å². The third-order valence-electron chi connectivity index (χ3n) is 9.53. The molecule has 0 aliphatic carbocycles. The van der Waals surface area contributed by atoms with Gasteiger partial charge in [-0.15, -0.1) is 0 Å². The molecule has 0 aliphatic heterocycles. The van der Waals surface area contributed by atoms with Gasteiger partial charge in [0.2, 0.25) is 23.6 Å². The molecule has 0 saturated heterocycles. The monoisotopic (exact) mass is 786 g/mol. The van der Waals surface area contributed by atoms with Crippen molar-refractivity contribution >= 4 is 29.7 Å². The minimum Gasteiger partial charge on any atom is -0.444 e. The molecule has 1 aromatic heterocycles. The Morgan fingerprint density at radius 2 is 1.39 bits per heavy atom. The van der Waals surface area contributed by atoms with Gasteiger partial charge < -0.3 is 31.1 Å². The number of rotatable bonds is 20. The topological polar surface area (TPSA) is 179 Å². The maximum absolute atomic E-state index is 14.2. The van der Waals surface area contributed by atoms with Crippen molar-refractivity contribution in [3.05, 3.63) is 102 Å². The van der Waals surface area contributed by atoms with E-state index in [1.54, 1.807) is 39.1 Å². The van der Waals surface area contributed by atoms with E-state index in [2.05, 4.69) is 26.3 Å². The lowest BCUT2D eigenvalue weighted by atomic mass is 9.95. The third-order valence-corrected chi connectivity index (χ3v) is 9.53. The maximum Gasteiger partial charge on any atom is 0.410 e. The molecular weight excluding hydrogens is 725 g/mol. The number of nitrogens with zero attached hydrogens (tertiary/aromatic N) is 2. The number of nitrogens with one attached hydrogen (secondary N) is 4. The van der Waals surface area contributed by atoms with Gasteiger partial charge >= 0.3 is 6.09 Å². The molecule has 3 aromatic rings. The van der Waals surface area contributed by atoms with Crippen LogP contribution in [-0.4, -0.2) is 87.6 Å². The van der Waals surface area contributed by atoms with Crippen LogP contribution in [0.4, 0.5) is 4.79 Å². The zero-order valence-corrected chi connectivity index (χ0v) is 34.7. The van der Waals surface area contributed by atoms with Gasteiger partial charge in [0.15, 0.2) is 0 Å². The molecule has 0 fully saturated rings. The molecule has 57 heavy (non-hydrogen) atoms. The second kappa shape index (κ2) is 22.4. The first-order chi connectivity index (χ1) is 27.0. The highest BCUT2D eigenvalue weighted by atomic mass is 16.6. The summed E-state index contributed by atoms with van der Waals surface area (Å²) in [5.41, 5.74) is 1.44. The van der Waals surface area contributed by atoms with Gasteiger partial charge in [-0.25, -0.2) is 4.79 Å². The molecule has 5 N–H and O–H groups in total. The van der Waals surface area contributed by atoms with E-state index in [0.29, 0.717) is 18.5 Å². The van der Waals surface area contributed by atoms with E-state index < -0.39 is 59.7 Å². The molecule has 5 amide bonds. The summed E-state index contributed by atoms with van der Waals surface area (Å²) < 4.78 is 5.59. The van der Waals surface area contributed by atoms with Crippen molar-refractivity contribution in [2.75, 3.05) is 7.05 Å². The number of aliphatic hydroxyl groups is 1. The Morgan fingerprint density at radius 3 is 1.93 bits per heavy atom. The molecule has 310 valence electrons. The number of hydrogen-bond acceptors (Lipinski definition) is 8. The summed E-state index contributed by atoms with van der Waals surface area (Å²) in [6.45, 7) is 13.1. The normalized spacial score (nSPS) is 14.6. The van der Waals surface area contributed by atoms with Gasteiger partial charge in [-0.05, 0) is 62.3 Å². The number of hydrogen-bond donors (Lipinski definition) is 5. The van der Waals surface area contributed by atoms with E-state index in [1.807, 2.05) is 94.4 Å². The second-order valence-corrected chi connectivity index (χ2v) is 16.0. The van der Waals surface area contributed by atoms with Crippen LogP contribution in [0.5, 0.6) is 0 Å². The number of amides is 5. The molecule has 6 atom stereocenters. The number of carbonyl (C=O) groups excluding carboxylic acids is 5. The van der Waals surface area contributed by atoms with Gasteiger partial charge in [-0.2, -0.15) is 0 Å². The highest BCUT2D eigenvalue weighted by Crippen LogP contribution is 2.17. The largest absolute Gasteiger partial charge is 0.444 e. The number of benzene rings is 2. The number of ether oxygens (including phenoxy) is 1. The van der Waals surface area contributed by atoms with E-state index in [0.717, 1.165) is 11.1 Å². The molecule has 0 bridgehead atoms. The van der Waals surface area contributed by atoms with E-state index in [1.165, 1.54) is 11.9 Å². The highest BCUT2D eigenvalue weighted by Gasteiger charge is 2.35. The van der Waals surface area contributed by atoms with Gasteiger partial charge in [0.25, 0.3) is 0 Å². The predicted molar refractivity (Wildman–Crippen MR) is 219 cm³/mol. The quantitative estimate of drug-likeness (QED) is 0.109. The van der Waals surface area contributed by atoms with Crippen molar-refractivity contribution in [3.63, 3.8) is 0 Å². The second-order valence-electron chi connectivity index (χ2n) is 16.0. The van der Waals surface area contributed by atoms with Crippen LogP contribution in [0, 0.1) is 11.8 Å². The Bertz CT molecular complexity index is 1720. The van der Waals surface area contributed by atoms with Crippen molar-refractivity contribution in [1.82, 2.24) is 31.2 Å². The first kappa shape index (κ1) is 46.1. The molecular formula is C44H62N6O7. The zero-order chi connectivity index (χ0) is 42.1. The minimum absolute atomic E-state index is 0.0122. The molecule has 13 nitrogen and oxygen atoms in total. The Labute approximate surface area is 337 Å². The van der Waals surface area contributed by atoms with Crippen molar-refractivity contribution in [2.45, 2.75) is 123 Å². The fourth-order valence-corrected chi connectivity index (χ4v) is 6.19. The zero-order valence-electron chi connectivity index (χ0n) is 34.7. The molecule has 0 aliphatic rings. The summed E-state index contributed by atoms with van der Waals surface area (Å²) in [6.07, 6.45) is 0.453. The molecule has 3 rings (SSSR count). The number of carbonyl (C=O) groups is 5. The van der Waals surface area contributed by atoms with Crippen molar-refractivity contribution in [3.8, 4) is 0 Å². The average molecular weight is 787 g/mol. The van der Waals surface area contributed by atoms with Gasteiger partial charge in [0.1, 0.15) is 23.7 Å². The maximum atomic E-state index is 14.2. The van der Waals surface area contributed by atoms with Crippen LogP contribution < -0.4 is 21.3 Å². The summed E-state index contributed by atoms with van der Waals surface area (Å²) in [6, 6.07) is 19.9. The molecule has 13 heteroatoms. The van der Waals surface area contributed by atoms with Crippen molar-refractivity contribution < 1.29 is 33.8 Å². The van der Waals surface area contributed by atoms with Crippen LogP contribution in [0.1, 0.15) is 84.5 Å². The van der Waals surface area contributed by atoms with Crippen LogP contribution in [0.3, 0.4) is 0 Å². The fourth-order valence-electron chi connectivity index (χ4n) is 6.19. The Hall–Kier alpha value is -5.30. The van der Waals surface area contributed by atoms with Crippen LogP contribution in [0.25, 0.3) is 0 Å². The Kier molecular flexibility index (Phi) is 18.1. The van der Waals surface area contributed by atoms with E-state index in [-0.39, 0.29) is 43.6 Å². The lowest BCUT2D eigenvalue weighted by molar-refractivity contribution is -0.133. The number of aliphatic hydroxyl groups excluding tert-OH is 1. The fraction of sp³-hybridized carbons (Fsp3) is 0.500. The van der Waals surface area contributed by atoms with Gasteiger partial charge in [0.05, 0.1) is 30.8 Å². The molecule has 6 unspecified atom stereocenters. The Balaban J connectivity index is 1.82. The van der Waals surface area contributed by atoms with E-state index >= 15 is 0 Å². The minimum atomic E-state index is -1.32. The highest BCUT2D eigenvalue weighted by molar-refractivity contribution is 5.92. The Morgan fingerprint density at radius 1 is 0.789 bits per heavy atom. The summed E-state index contributed by atoms with van der Waals surface area (Å²) in [7, 11) is 1.49. The average Bonchev–Trinajstić information content (AvgIpc) is 3.17. The summed E-state index contributed by atoms with van der Waals surface area (Å²) in [5, 5.41) is 22.9. The molecule has 0 radical (unpaired) electrons. The number of likely N-dealkylation sites (N-methyl/N-ethyl adjacent to an activating group) is 1. The molecule has 0 spiro atoms. The van der Waals surface area contributed by atoms with Crippen molar-refractivity contribution in [1.29, 1.82) is 0 Å². The van der Waals surface area contributed by atoms with E-state index in [4.69, 9.17) is 4.74 Å². The van der Waals surface area contributed by atoms with Crippen LogP contribution in [0.15, 0.2) is 85.1 Å². The predicted octanol–water partition coefficient (Wildman–Crippen LogP) is 4.72. The van der Waals surface area contributed by atoms with E-state index in [9.17, 15) is 29.1 Å². The summed E-state index contributed by atoms with van der Waals surface area (Å²) in [5.74, 6) is -2.25. The molecule has 1 heterocycles. The van der Waals surface area contributed by atoms with Gasteiger partial charge in [-0.3, -0.25) is 29.1 Å². The summed E-state index contributed by atoms with van der Waals surface area (Å²) >= 11 is 0. The SMILES string of the molecule is CCC(C)C(NC(=O)CC(O)C(CC(C)C)NC(=O)C(Cc1ccccc1)NC(=O)C(Cc1ccccc1)N(C)C(=O)OC(C)(C)C)C(=O)NCc1ccccn1. The molecule has 2 aromatic carbocycles.